The van der Waals surface area contributed by atoms with Crippen LogP contribution in [0.2, 0.25) is 0 Å². The molecule has 0 bridgehead atoms. The number of amides is 1. The van der Waals surface area contributed by atoms with E-state index in [1.807, 2.05) is 34.8 Å². The Hall–Kier alpha value is -1.82. The molecular weight excluding hydrogens is 344 g/mol. The first-order valence-electron chi connectivity index (χ1n) is 9.63. The topological polar surface area (TPSA) is 51.0 Å². The Kier molecular flexibility index (Phi) is 5.29. The van der Waals surface area contributed by atoms with E-state index in [9.17, 15) is 4.79 Å². The molecule has 0 atom stereocenters. The van der Waals surface area contributed by atoms with Crippen LogP contribution in [0.15, 0.2) is 35.5 Å². The van der Waals surface area contributed by atoms with E-state index in [2.05, 4.69) is 17.2 Å². The molecule has 1 amide bonds. The smallest absolute Gasteiger partial charge is 0.233 e. The molecule has 0 aliphatic heterocycles. The molecule has 2 aliphatic carbocycles. The molecule has 6 heteroatoms. The minimum absolute atomic E-state index is 0.186. The number of hydrogen-bond donors (Lipinski definition) is 0. The van der Waals surface area contributed by atoms with E-state index < -0.39 is 0 Å². The van der Waals surface area contributed by atoms with Gasteiger partial charge >= 0.3 is 0 Å². The van der Waals surface area contributed by atoms with Crippen molar-refractivity contribution in [2.24, 2.45) is 0 Å². The number of hydrogen-bond acceptors (Lipinski definition) is 4. The maximum absolute atomic E-state index is 12.6. The molecular formula is C20H26N4OS. The van der Waals surface area contributed by atoms with Crippen LogP contribution in [0.25, 0.3) is 5.69 Å². The fourth-order valence-electron chi connectivity index (χ4n) is 3.63. The van der Waals surface area contributed by atoms with Crippen molar-refractivity contribution in [3.05, 3.63) is 36.2 Å². The average Bonchev–Trinajstić information content (AvgIpc) is 3.46. The van der Waals surface area contributed by atoms with Gasteiger partial charge in [-0.2, -0.15) is 0 Å². The molecule has 0 spiro atoms. The van der Waals surface area contributed by atoms with Gasteiger partial charge in [0.05, 0.1) is 11.4 Å². The lowest BCUT2D eigenvalue weighted by Crippen LogP contribution is -2.39. The van der Waals surface area contributed by atoms with Crippen molar-refractivity contribution in [3.8, 4) is 5.69 Å². The molecule has 0 unspecified atom stereocenters. The highest BCUT2D eigenvalue weighted by Crippen LogP contribution is 2.40. The van der Waals surface area contributed by atoms with E-state index in [4.69, 9.17) is 4.98 Å². The van der Waals surface area contributed by atoms with Crippen molar-refractivity contribution in [2.45, 2.75) is 62.1 Å². The van der Waals surface area contributed by atoms with Crippen LogP contribution in [0, 0.1) is 0 Å². The molecule has 1 aromatic carbocycles. The second-order valence-corrected chi connectivity index (χ2v) is 8.30. The monoisotopic (exact) mass is 370 g/mol. The van der Waals surface area contributed by atoms with Crippen molar-refractivity contribution in [1.82, 2.24) is 19.7 Å². The highest BCUT2D eigenvalue weighted by Gasteiger charge is 2.30. The van der Waals surface area contributed by atoms with Gasteiger partial charge in [-0.25, -0.2) is 9.67 Å². The summed E-state index contributed by atoms with van der Waals surface area (Å²) in [6.07, 6.45) is 8.42. The Morgan fingerprint density at radius 3 is 2.58 bits per heavy atom. The van der Waals surface area contributed by atoms with E-state index in [0.717, 1.165) is 24.4 Å². The van der Waals surface area contributed by atoms with Crippen LogP contribution in [0.5, 0.6) is 0 Å². The Balaban J connectivity index is 1.43. The van der Waals surface area contributed by atoms with E-state index in [0.29, 0.717) is 22.9 Å². The summed E-state index contributed by atoms with van der Waals surface area (Å²) in [7, 11) is 1.95. The molecule has 2 aliphatic rings. The minimum atomic E-state index is 0.186. The Morgan fingerprint density at radius 1 is 1.15 bits per heavy atom. The summed E-state index contributed by atoms with van der Waals surface area (Å²) >= 11 is 1.46. The van der Waals surface area contributed by atoms with E-state index in [1.54, 1.807) is 0 Å². The predicted molar refractivity (Wildman–Crippen MR) is 104 cm³/mol. The first-order valence-corrected chi connectivity index (χ1v) is 10.6. The van der Waals surface area contributed by atoms with E-state index in [-0.39, 0.29) is 5.91 Å². The number of thioether (sulfide) groups is 1. The predicted octanol–water partition coefficient (Wildman–Crippen LogP) is 4.03. The molecule has 0 saturated heterocycles. The SMILES string of the molecule is CN(C(=O)CSc1nc(C2CC2)n(-c2ccccc2)n1)C1CCCCC1. The summed E-state index contributed by atoms with van der Waals surface area (Å²) in [4.78, 5) is 19.2. The van der Waals surface area contributed by atoms with Gasteiger partial charge in [-0.05, 0) is 37.8 Å². The standard InChI is InChI=1S/C20H26N4OS/c1-23(16-8-4-2-5-9-16)18(25)14-26-20-21-19(15-12-13-15)24(22-20)17-10-6-3-7-11-17/h3,6-7,10-11,15-16H,2,4-5,8-9,12-14H2,1H3. The second kappa shape index (κ2) is 7.82. The third kappa shape index (κ3) is 3.95. The molecule has 0 radical (unpaired) electrons. The first kappa shape index (κ1) is 17.6. The van der Waals surface area contributed by atoms with Crippen molar-refractivity contribution in [2.75, 3.05) is 12.8 Å². The van der Waals surface area contributed by atoms with Gasteiger partial charge in [-0.3, -0.25) is 4.79 Å². The van der Waals surface area contributed by atoms with Crippen LogP contribution in [0.1, 0.15) is 56.7 Å². The van der Waals surface area contributed by atoms with Gasteiger partial charge in [0.25, 0.3) is 0 Å². The number of rotatable bonds is 6. The largest absolute Gasteiger partial charge is 0.342 e. The van der Waals surface area contributed by atoms with Crippen LogP contribution in [0.3, 0.4) is 0 Å². The lowest BCUT2D eigenvalue weighted by Gasteiger charge is -2.31. The molecule has 1 aromatic heterocycles. The molecule has 2 fully saturated rings. The Morgan fingerprint density at radius 2 is 1.88 bits per heavy atom. The van der Waals surface area contributed by atoms with Crippen LogP contribution < -0.4 is 0 Å². The van der Waals surface area contributed by atoms with Crippen LogP contribution in [-0.2, 0) is 4.79 Å². The lowest BCUT2D eigenvalue weighted by atomic mass is 9.94. The Bertz CT molecular complexity index is 750. The van der Waals surface area contributed by atoms with Crippen molar-refractivity contribution in [1.29, 1.82) is 0 Å². The minimum Gasteiger partial charge on any atom is -0.342 e. The first-order chi connectivity index (χ1) is 12.7. The van der Waals surface area contributed by atoms with Gasteiger partial charge in [0, 0.05) is 19.0 Å². The highest BCUT2D eigenvalue weighted by molar-refractivity contribution is 7.99. The van der Waals surface area contributed by atoms with Crippen molar-refractivity contribution in [3.63, 3.8) is 0 Å². The number of nitrogens with zero attached hydrogens (tertiary/aromatic N) is 4. The third-order valence-corrected chi connectivity index (χ3v) is 6.22. The van der Waals surface area contributed by atoms with Gasteiger partial charge in [-0.1, -0.05) is 49.2 Å². The van der Waals surface area contributed by atoms with Gasteiger partial charge in [0.1, 0.15) is 5.82 Å². The van der Waals surface area contributed by atoms with Crippen LogP contribution in [-0.4, -0.2) is 44.4 Å². The number of para-hydroxylation sites is 1. The van der Waals surface area contributed by atoms with Gasteiger partial charge in [0.2, 0.25) is 11.1 Å². The fraction of sp³-hybridized carbons (Fsp3) is 0.550. The zero-order chi connectivity index (χ0) is 17.9. The number of carbonyl (C=O) groups excluding carboxylic acids is 1. The Labute approximate surface area is 159 Å². The summed E-state index contributed by atoms with van der Waals surface area (Å²) in [5.41, 5.74) is 1.04. The molecule has 26 heavy (non-hydrogen) atoms. The van der Waals surface area contributed by atoms with Gasteiger partial charge in [0.15, 0.2) is 0 Å². The number of carbonyl (C=O) groups is 1. The zero-order valence-electron chi connectivity index (χ0n) is 15.3. The third-order valence-electron chi connectivity index (χ3n) is 5.40. The average molecular weight is 371 g/mol. The normalized spacial score (nSPS) is 18.0. The number of benzene rings is 1. The summed E-state index contributed by atoms with van der Waals surface area (Å²) in [5, 5.41) is 5.39. The van der Waals surface area contributed by atoms with Crippen LogP contribution >= 0.6 is 11.8 Å². The number of aromatic nitrogens is 3. The molecule has 0 N–H and O–H groups in total. The van der Waals surface area contributed by atoms with E-state index >= 15 is 0 Å². The van der Waals surface area contributed by atoms with Crippen LogP contribution in [0.4, 0.5) is 0 Å². The van der Waals surface area contributed by atoms with Gasteiger partial charge in [-0.15, -0.1) is 5.10 Å². The maximum atomic E-state index is 12.6. The maximum Gasteiger partial charge on any atom is 0.233 e. The van der Waals surface area contributed by atoms with Crippen molar-refractivity contribution < 1.29 is 4.79 Å². The molecule has 2 aromatic rings. The summed E-state index contributed by atoms with van der Waals surface area (Å²) in [6, 6.07) is 10.6. The molecule has 4 rings (SSSR count). The molecule has 138 valence electrons. The lowest BCUT2D eigenvalue weighted by molar-refractivity contribution is -0.129. The summed E-state index contributed by atoms with van der Waals surface area (Å²) in [6.45, 7) is 0. The van der Waals surface area contributed by atoms with E-state index in [1.165, 1.54) is 43.9 Å². The highest BCUT2D eigenvalue weighted by atomic mass is 32.2. The van der Waals surface area contributed by atoms with Gasteiger partial charge < -0.3 is 4.90 Å². The zero-order valence-corrected chi connectivity index (χ0v) is 16.1. The molecule has 5 nitrogen and oxygen atoms in total. The summed E-state index contributed by atoms with van der Waals surface area (Å²) < 4.78 is 1.95. The molecule has 1 heterocycles. The quantitative estimate of drug-likeness (QED) is 0.721. The molecule has 2 saturated carbocycles. The summed E-state index contributed by atoms with van der Waals surface area (Å²) in [5.74, 6) is 2.14. The van der Waals surface area contributed by atoms with Crippen molar-refractivity contribution >= 4 is 17.7 Å². The fourth-order valence-corrected chi connectivity index (χ4v) is 4.38. The second-order valence-electron chi connectivity index (χ2n) is 7.36.